The molecule has 1 aliphatic rings. The van der Waals surface area contributed by atoms with Gasteiger partial charge in [0.15, 0.2) is 0 Å². The maximum atomic E-state index is 13.8. The third-order valence-corrected chi connectivity index (χ3v) is 5.74. The van der Waals surface area contributed by atoms with Crippen LogP contribution in [0.4, 0.5) is 4.39 Å². The molecule has 1 fully saturated rings. The van der Waals surface area contributed by atoms with E-state index in [4.69, 9.17) is 5.11 Å². The van der Waals surface area contributed by atoms with Crippen LogP contribution in [0.25, 0.3) is 0 Å². The molecule has 116 valence electrons. The molecule has 0 radical (unpaired) electrons. The number of rotatable bonds is 4. The molecule has 0 heterocycles. The van der Waals surface area contributed by atoms with Crippen LogP contribution >= 0.6 is 0 Å². The van der Waals surface area contributed by atoms with Crippen molar-refractivity contribution in [1.82, 2.24) is 4.72 Å². The quantitative estimate of drug-likeness (QED) is 0.892. The van der Waals surface area contributed by atoms with E-state index in [9.17, 15) is 17.6 Å². The van der Waals surface area contributed by atoms with Crippen molar-refractivity contribution in [3.63, 3.8) is 0 Å². The van der Waals surface area contributed by atoms with E-state index in [1.165, 1.54) is 0 Å². The summed E-state index contributed by atoms with van der Waals surface area (Å²) in [5, 5.41) is 8.89. The van der Waals surface area contributed by atoms with Gasteiger partial charge in [-0.1, -0.05) is 13.8 Å². The normalized spacial score (nSPS) is 26.0. The number of halogens is 1. The van der Waals surface area contributed by atoms with Gasteiger partial charge in [-0.3, -0.25) is 0 Å². The summed E-state index contributed by atoms with van der Waals surface area (Å²) in [4.78, 5) is 10.3. The predicted molar refractivity (Wildman–Crippen MR) is 75.0 cm³/mol. The van der Waals surface area contributed by atoms with Gasteiger partial charge in [0, 0.05) is 6.04 Å². The minimum atomic E-state index is -4.08. The Morgan fingerprint density at radius 2 is 2.00 bits per heavy atom. The third kappa shape index (κ3) is 3.24. The Kier molecular flexibility index (Phi) is 4.34. The van der Waals surface area contributed by atoms with Crippen LogP contribution in [0.15, 0.2) is 23.1 Å². The van der Waals surface area contributed by atoms with Crippen LogP contribution in [-0.2, 0) is 10.0 Å². The average molecular weight is 315 g/mol. The summed E-state index contributed by atoms with van der Waals surface area (Å²) < 4.78 is 40.8. The molecule has 0 aliphatic heterocycles. The van der Waals surface area contributed by atoms with Crippen LogP contribution in [-0.4, -0.2) is 25.5 Å². The number of carbonyl (C=O) groups is 1. The van der Waals surface area contributed by atoms with Crippen molar-refractivity contribution < 1.29 is 22.7 Å². The van der Waals surface area contributed by atoms with Crippen molar-refractivity contribution in [2.24, 2.45) is 11.8 Å². The molecule has 0 bridgehead atoms. The second-order valence-corrected chi connectivity index (χ2v) is 7.27. The van der Waals surface area contributed by atoms with E-state index in [-0.39, 0.29) is 17.5 Å². The molecule has 0 saturated heterocycles. The maximum Gasteiger partial charge on any atom is 0.335 e. The summed E-state index contributed by atoms with van der Waals surface area (Å²) in [6.07, 6.45) is 1.60. The summed E-state index contributed by atoms with van der Waals surface area (Å²) in [6.45, 7) is 4.00. The van der Waals surface area contributed by atoms with Crippen molar-refractivity contribution in [3.05, 3.63) is 29.6 Å². The number of carboxylic acid groups (broad SMARTS) is 1. The summed E-state index contributed by atoms with van der Waals surface area (Å²) >= 11 is 0. The van der Waals surface area contributed by atoms with Gasteiger partial charge >= 0.3 is 5.97 Å². The number of hydrogen-bond acceptors (Lipinski definition) is 3. The van der Waals surface area contributed by atoms with E-state index < -0.39 is 26.7 Å². The molecule has 5 nitrogen and oxygen atoms in total. The fraction of sp³-hybridized carbons (Fsp3) is 0.500. The van der Waals surface area contributed by atoms with Gasteiger partial charge in [-0.2, -0.15) is 0 Å². The lowest BCUT2D eigenvalue weighted by atomic mass is 9.98. The molecular weight excluding hydrogens is 297 g/mol. The molecule has 0 amide bonds. The molecular formula is C14H18FNO4S. The standard InChI is InChI=1S/C14H18FNO4S/c1-8-3-6-12(9(8)2)16-21(19,20)13-7-10(14(17)18)4-5-11(13)15/h4-5,7-9,12,16H,3,6H2,1-2H3,(H,17,18). The van der Waals surface area contributed by atoms with E-state index in [1.807, 2.05) is 13.8 Å². The fourth-order valence-corrected chi connectivity index (χ4v) is 4.10. The fourth-order valence-electron chi connectivity index (χ4n) is 2.64. The predicted octanol–water partition coefficient (Wildman–Crippen LogP) is 2.24. The number of aromatic carboxylic acids is 1. The van der Waals surface area contributed by atoms with Crippen LogP contribution in [0.2, 0.25) is 0 Å². The highest BCUT2D eigenvalue weighted by atomic mass is 32.2. The van der Waals surface area contributed by atoms with Gasteiger partial charge in [-0.05, 0) is 42.9 Å². The van der Waals surface area contributed by atoms with Crippen molar-refractivity contribution >= 4 is 16.0 Å². The first-order chi connectivity index (χ1) is 9.72. The molecule has 1 saturated carbocycles. The minimum absolute atomic E-state index is 0.158. The first kappa shape index (κ1) is 15.9. The van der Waals surface area contributed by atoms with Gasteiger partial charge in [-0.25, -0.2) is 22.3 Å². The average Bonchev–Trinajstić information content (AvgIpc) is 2.70. The van der Waals surface area contributed by atoms with Gasteiger partial charge in [0.05, 0.1) is 5.56 Å². The van der Waals surface area contributed by atoms with Crippen LogP contribution in [0, 0.1) is 17.7 Å². The molecule has 1 aromatic rings. The number of sulfonamides is 1. The Balaban J connectivity index is 2.31. The van der Waals surface area contributed by atoms with E-state index >= 15 is 0 Å². The first-order valence-corrected chi connectivity index (χ1v) is 8.26. The van der Waals surface area contributed by atoms with Gasteiger partial charge in [0.2, 0.25) is 10.0 Å². The van der Waals surface area contributed by atoms with Gasteiger partial charge in [0.25, 0.3) is 0 Å². The highest BCUT2D eigenvalue weighted by molar-refractivity contribution is 7.89. The van der Waals surface area contributed by atoms with Crippen molar-refractivity contribution in [3.8, 4) is 0 Å². The summed E-state index contributed by atoms with van der Waals surface area (Å²) in [7, 11) is -4.08. The number of hydrogen-bond donors (Lipinski definition) is 2. The van der Waals surface area contributed by atoms with Crippen LogP contribution in [0.5, 0.6) is 0 Å². The van der Waals surface area contributed by atoms with E-state index in [2.05, 4.69) is 4.72 Å². The zero-order valence-electron chi connectivity index (χ0n) is 11.8. The topological polar surface area (TPSA) is 83.5 Å². The summed E-state index contributed by atoms with van der Waals surface area (Å²) in [5.74, 6) is -1.70. The zero-order chi connectivity index (χ0) is 15.8. The molecule has 7 heteroatoms. The third-order valence-electron chi connectivity index (χ3n) is 4.24. The zero-order valence-corrected chi connectivity index (χ0v) is 12.7. The highest BCUT2D eigenvalue weighted by Gasteiger charge is 2.34. The maximum absolute atomic E-state index is 13.8. The van der Waals surface area contributed by atoms with Gasteiger partial charge in [-0.15, -0.1) is 0 Å². The molecule has 3 atom stereocenters. The Morgan fingerprint density at radius 1 is 1.33 bits per heavy atom. The molecule has 3 unspecified atom stereocenters. The number of carboxylic acids is 1. The molecule has 1 aliphatic carbocycles. The van der Waals surface area contributed by atoms with Crippen molar-refractivity contribution in [2.75, 3.05) is 0 Å². The smallest absolute Gasteiger partial charge is 0.335 e. The summed E-state index contributed by atoms with van der Waals surface area (Å²) in [6, 6.07) is 2.50. The second-order valence-electron chi connectivity index (χ2n) is 5.59. The number of nitrogens with one attached hydrogen (secondary N) is 1. The molecule has 0 spiro atoms. The lowest BCUT2D eigenvalue weighted by molar-refractivity contribution is 0.0696. The largest absolute Gasteiger partial charge is 0.478 e. The molecule has 2 rings (SSSR count). The van der Waals surface area contributed by atoms with Crippen LogP contribution in [0.1, 0.15) is 37.0 Å². The Hall–Kier alpha value is -1.47. The van der Waals surface area contributed by atoms with E-state index in [1.54, 1.807) is 0 Å². The SMILES string of the molecule is CC1CCC(NS(=O)(=O)c2cc(C(=O)O)ccc2F)C1C. The highest BCUT2D eigenvalue weighted by Crippen LogP contribution is 2.32. The first-order valence-electron chi connectivity index (χ1n) is 6.77. The van der Waals surface area contributed by atoms with Crippen molar-refractivity contribution in [1.29, 1.82) is 0 Å². The van der Waals surface area contributed by atoms with E-state index in [0.29, 0.717) is 12.3 Å². The molecule has 2 N–H and O–H groups in total. The lowest BCUT2D eigenvalue weighted by Crippen LogP contribution is -2.37. The molecule has 21 heavy (non-hydrogen) atoms. The van der Waals surface area contributed by atoms with Gasteiger partial charge in [0.1, 0.15) is 10.7 Å². The Bertz CT molecular complexity index is 659. The van der Waals surface area contributed by atoms with Crippen LogP contribution in [0.3, 0.4) is 0 Å². The Labute approximate surface area is 123 Å². The Morgan fingerprint density at radius 3 is 2.52 bits per heavy atom. The molecule has 0 aromatic heterocycles. The van der Waals surface area contributed by atoms with E-state index in [0.717, 1.165) is 24.6 Å². The second kappa shape index (κ2) is 5.73. The van der Waals surface area contributed by atoms with Crippen molar-refractivity contribution in [2.45, 2.75) is 37.6 Å². The minimum Gasteiger partial charge on any atom is -0.478 e. The molecule has 1 aromatic carbocycles. The lowest BCUT2D eigenvalue weighted by Gasteiger charge is -2.20. The van der Waals surface area contributed by atoms with Gasteiger partial charge < -0.3 is 5.11 Å². The number of benzene rings is 1. The van der Waals surface area contributed by atoms with Crippen LogP contribution < -0.4 is 4.72 Å². The summed E-state index contributed by atoms with van der Waals surface area (Å²) in [5.41, 5.74) is -0.260. The monoisotopic (exact) mass is 315 g/mol.